The average molecular weight is 751 g/mol. The molecule has 292 valence electrons. The number of nitrogens with zero attached hydrogens (tertiary/aromatic N) is 1. The van der Waals surface area contributed by atoms with Gasteiger partial charge in [0, 0.05) is 19.4 Å². The first-order valence-electron chi connectivity index (χ1n) is 17.8. The standard InChI is InChI=1S/C37H50N8O9/c1-3-23(2)33(44-29(46)19-38)36(52)45-16-10-15-28(45)35(51)41-22-32(49)42-26(17-24-11-6-4-7-12-24)34(50)40-20-30(47)39-21-31(48)43-27(37(53)54)18-25-13-8-5-9-14-25/h4-9,11-14,23,26-28,33H,3,10,15-22,38H2,1-2H3,(H,39,47)(H,40,50)(H,41,51)(H,42,49)(H,43,48)(H,44,46)(H,53,54)/t23-,26-,27-,28-,33-/m0/s1. The zero-order valence-corrected chi connectivity index (χ0v) is 30.5. The van der Waals surface area contributed by atoms with Crippen molar-refractivity contribution in [3.05, 3.63) is 71.8 Å². The van der Waals surface area contributed by atoms with Crippen molar-refractivity contribution in [2.75, 3.05) is 32.7 Å². The van der Waals surface area contributed by atoms with Crippen LogP contribution in [0.5, 0.6) is 0 Å². The number of nitrogens with one attached hydrogen (secondary N) is 6. The molecule has 0 radical (unpaired) electrons. The fourth-order valence-corrected chi connectivity index (χ4v) is 5.81. The predicted molar refractivity (Wildman–Crippen MR) is 196 cm³/mol. The highest BCUT2D eigenvalue weighted by atomic mass is 16.4. The van der Waals surface area contributed by atoms with Crippen LogP contribution in [0.25, 0.3) is 0 Å². The van der Waals surface area contributed by atoms with Gasteiger partial charge in [0.2, 0.25) is 41.4 Å². The largest absolute Gasteiger partial charge is 0.480 e. The van der Waals surface area contributed by atoms with Crippen LogP contribution in [0.1, 0.15) is 44.2 Å². The molecule has 9 N–H and O–H groups in total. The second-order valence-corrected chi connectivity index (χ2v) is 13.0. The quantitative estimate of drug-likeness (QED) is 0.0766. The first-order valence-corrected chi connectivity index (χ1v) is 17.8. The third-order valence-electron chi connectivity index (χ3n) is 8.96. The second kappa shape index (κ2) is 21.6. The Morgan fingerprint density at radius 3 is 1.83 bits per heavy atom. The molecular weight excluding hydrogens is 700 g/mol. The molecular formula is C37H50N8O9. The summed E-state index contributed by atoms with van der Waals surface area (Å²) >= 11 is 0. The number of hydrogen-bond donors (Lipinski definition) is 8. The molecule has 0 bridgehead atoms. The van der Waals surface area contributed by atoms with Gasteiger partial charge >= 0.3 is 5.97 Å². The Bertz CT molecular complexity index is 1630. The summed E-state index contributed by atoms with van der Waals surface area (Å²) in [5, 5.41) is 24.4. The molecule has 1 aliphatic heterocycles. The number of aliphatic carboxylic acids is 1. The van der Waals surface area contributed by atoms with E-state index in [0.717, 1.165) is 0 Å². The Kier molecular flexibility index (Phi) is 17.1. The number of carboxylic acid groups (broad SMARTS) is 1. The van der Waals surface area contributed by atoms with Crippen molar-refractivity contribution in [3.8, 4) is 0 Å². The van der Waals surface area contributed by atoms with Crippen molar-refractivity contribution in [2.45, 2.75) is 70.1 Å². The summed E-state index contributed by atoms with van der Waals surface area (Å²) in [5.74, 6) is -5.83. The van der Waals surface area contributed by atoms with Crippen molar-refractivity contribution in [1.29, 1.82) is 0 Å². The fraction of sp³-hybridized carbons (Fsp3) is 0.459. The zero-order valence-electron chi connectivity index (χ0n) is 30.5. The number of carbonyl (C=O) groups excluding carboxylic acids is 7. The summed E-state index contributed by atoms with van der Waals surface area (Å²) < 4.78 is 0. The Balaban J connectivity index is 1.54. The number of rotatable bonds is 20. The summed E-state index contributed by atoms with van der Waals surface area (Å²) in [6.07, 6.45) is 1.58. The lowest BCUT2D eigenvalue weighted by Crippen LogP contribution is -2.57. The molecule has 0 saturated carbocycles. The Morgan fingerprint density at radius 2 is 1.28 bits per heavy atom. The molecule has 1 heterocycles. The third kappa shape index (κ3) is 13.6. The smallest absolute Gasteiger partial charge is 0.326 e. The topological polar surface area (TPSA) is 258 Å². The summed E-state index contributed by atoms with van der Waals surface area (Å²) in [4.78, 5) is 103. The molecule has 0 unspecified atom stereocenters. The number of carbonyl (C=O) groups is 8. The molecule has 54 heavy (non-hydrogen) atoms. The number of carboxylic acids is 1. The number of benzene rings is 2. The predicted octanol–water partition coefficient (Wildman–Crippen LogP) is -1.64. The molecule has 0 spiro atoms. The number of hydrogen-bond acceptors (Lipinski definition) is 9. The highest BCUT2D eigenvalue weighted by molar-refractivity contribution is 5.96. The lowest BCUT2D eigenvalue weighted by Gasteiger charge is -2.31. The zero-order chi connectivity index (χ0) is 39.6. The molecule has 7 amide bonds. The van der Waals surface area contributed by atoms with Crippen LogP contribution < -0.4 is 37.6 Å². The molecule has 2 aromatic carbocycles. The van der Waals surface area contributed by atoms with Gasteiger partial charge in [-0.3, -0.25) is 33.6 Å². The van der Waals surface area contributed by atoms with Gasteiger partial charge in [0.25, 0.3) is 0 Å². The van der Waals surface area contributed by atoms with E-state index >= 15 is 0 Å². The molecule has 5 atom stereocenters. The van der Waals surface area contributed by atoms with Crippen LogP contribution in [-0.2, 0) is 51.2 Å². The second-order valence-electron chi connectivity index (χ2n) is 13.0. The maximum atomic E-state index is 13.5. The van der Waals surface area contributed by atoms with E-state index in [9.17, 15) is 43.5 Å². The maximum Gasteiger partial charge on any atom is 0.326 e. The monoisotopic (exact) mass is 750 g/mol. The van der Waals surface area contributed by atoms with E-state index in [-0.39, 0.29) is 25.3 Å². The summed E-state index contributed by atoms with van der Waals surface area (Å²) in [6.45, 7) is 2.10. The normalized spacial score (nSPS) is 15.8. The minimum absolute atomic E-state index is 0.0398. The molecule has 17 nitrogen and oxygen atoms in total. The number of amides is 7. The van der Waals surface area contributed by atoms with Crippen LogP contribution >= 0.6 is 0 Å². The van der Waals surface area contributed by atoms with E-state index in [1.807, 2.05) is 13.8 Å². The molecule has 1 saturated heterocycles. The van der Waals surface area contributed by atoms with Gasteiger partial charge in [-0.15, -0.1) is 0 Å². The van der Waals surface area contributed by atoms with E-state index in [0.29, 0.717) is 36.9 Å². The summed E-state index contributed by atoms with van der Waals surface area (Å²) in [7, 11) is 0. The number of likely N-dealkylation sites (tertiary alicyclic amines) is 1. The minimum atomic E-state index is -1.24. The van der Waals surface area contributed by atoms with Gasteiger partial charge in [0.1, 0.15) is 24.2 Å². The molecule has 1 aliphatic rings. The molecule has 2 aromatic rings. The Labute approximate surface area is 313 Å². The van der Waals surface area contributed by atoms with Gasteiger partial charge in [-0.25, -0.2) is 4.79 Å². The Morgan fingerprint density at radius 1 is 0.741 bits per heavy atom. The van der Waals surface area contributed by atoms with E-state index in [2.05, 4.69) is 31.9 Å². The fourth-order valence-electron chi connectivity index (χ4n) is 5.81. The van der Waals surface area contributed by atoms with Crippen LogP contribution in [0.15, 0.2) is 60.7 Å². The maximum absolute atomic E-state index is 13.5. The van der Waals surface area contributed by atoms with Gasteiger partial charge in [0.05, 0.1) is 26.2 Å². The molecule has 3 rings (SSSR count). The van der Waals surface area contributed by atoms with Crippen LogP contribution in [-0.4, -0.2) is 114 Å². The highest BCUT2D eigenvalue weighted by Crippen LogP contribution is 2.21. The highest BCUT2D eigenvalue weighted by Gasteiger charge is 2.39. The van der Waals surface area contributed by atoms with Crippen molar-refractivity contribution in [3.63, 3.8) is 0 Å². The SMILES string of the molecule is CC[C@H](C)[C@H](NC(=O)CN)C(=O)N1CCC[C@H]1C(=O)NCC(=O)N[C@@H](Cc1ccccc1)C(=O)NCC(=O)NCC(=O)N[C@@H](Cc1ccccc1)C(=O)O. The van der Waals surface area contributed by atoms with Crippen LogP contribution in [0.3, 0.4) is 0 Å². The van der Waals surface area contributed by atoms with Crippen LogP contribution in [0.4, 0.5) is 0 Å². The van der Waals surface area contributed by atoms with Gasteiger partial charge in [-0.1, -0.05) is 80.9 Å². The lowest BCUT2D eigenvalue weighted by molar-refractivity contribution is -0.142. The molecule has 0 aliphatic carbocycles. The Hall–Kier alpha value is -5.84. The molecule has 0 aromatic heterocycles. The van der Waals surface area contributed by atoms with Crippen molar-refractivity contribution in [1.82, 2.24) is 36.8 Å². The van der Waals surface area contributed by atoms with Crippen LogP contribution in [0.2, 0.25) is 0 Å². The minimum Gasteiger partial charge on any atom is -0.480 e. The van der Waals surface area contributed by atoms with E-state index in [4.69, 9.17) is 5.73 Å². The summed E-state index contributed by atoms with van der Waals surface area (Å²) in [5.41, 5.74) is 6.83. The van der Waals surface area contributed by atoms with Crippen molar-refractivity contribution in [2.24, 2.45) is 11.7 Å². The summed E-state index contributed by atoms with van der Waals surface area (Å²) in [6, 6.07) is 13.4. The average Bonchev–Trinajstić information content (AvgIpc) is 3.67. The molecule has 17 heteroatoms. The first kappa shape index (κ1) is 42.6. The van der Waals surface area contributed by atoms with Gasteiger partial charge < -0.3 is 47.6 Å². The van der Waals surface area contributed by atoms with E-state index in [1.165, 1.54) is 4.90 Å². The first-order chi connectivity index (χ1) is 25.8. The van der Waals surface area contributed by atoms with Gasteiger partial charge in [0.15, 0.2) is 0 Å². The van der Waals surface area contributed by atoms with Gasteiger partial charge in [-0.05, 0) is 29.9 Å². The van der Waals surface area contributed by atoms with Crippen molar-refractivity contribution >= 4 is 47.3 Å². The van der Waals surface area contributed by atoms with Crippen LogP contribution in [0, 0.1) is 5.92 Å². The van der Waals surface area contributed by atoms with E-state index < -0.39 is 91.1 Å². The van der Waals surface area contributed by atoms with E-state index in [1.54, 1.807) is 60.7 Å². The lowest BCUT2D eigenvalue weighted by atomic mass is 9.97. The number of nitrogens with two attached hydrogens (primary N) is 1. The molecule has 1 fully saturated rings. The van der Waals surface area contributed by atoms with Gasteiger partial charge in [-0.2, -0.15) is 0 Å². The van der Waals surface area contributed by atoms with Crippen molar-refractivity contribution < 1.29 is 43.5 Å². The third-order valence-corrected chi connectivity index (χ3v) is 8.96.